The zero-order valence-electron chi connectivity index (χ0n) is 26.6. The first-order valence-electron chi connectivity index (χ1n) is 14.7. The molecule has 0 spiro atoms. The monoisotopic (exact) mass is 647 g/mol. The predicted molar refractivity (Wildman–Crippen MR) is 162 cm³/mol. The first-order valence-corrected chi connectivity index (χ1v) is 14.2. The van der Waals surface area contributed by atoms with Crippen LogP contribution in [0.4, 0.5) is 22.1 Å². The molecule has 0 unspecified atom stereocenters. The van der Waals surface area contributed by atoms with Crippen molar-refractivity contribution in [3.63, 3.8) is 0 Å². The molecule has 0 aliphatic carbocycles. The average Bonchev–Trinajstić information content (AvgIpc) is 3.56. The molecule has 2 aromatic carbocycles. The van der Waals surface area contributed by atoms with Gasteiger partial charge in [0.1, 0.15) is 12.7 Å². The van der Waals surface area contributed by atoms with Crippen LogP contribution in [0, 0.1) is 0 Å². The summed E-state index contributed by atoms with van der Waals surface area (Å²) in [5, 5.41) is 2.42. The maximum absolute atomic E-state index is 13.8. The van der Waals surface area contributed by atoms with Gasteiger partial charge in [-0.05, 0) is 24.3 Å². The molecule has 1 N–H and O–H groups in total. The maximum Gasteiger partial charge on any atom is 0.425 e. The summed E-state index contributed by atoms with van der Waals surface area (Å²) in [6, 6.07) is 17.3. The van der Waals surface area contributed by atoms with Crippen molar-refractivity contribution in [2.24, 2.45) is 0 Å². The third-order valence-electron chi connectivity index (χ3n) is 6.51. The Kier molecular flexibility index (Phi) is 9.28. The summed E-state index contributed by atoms with van der Waals surface area (Å²) in [6.07, 6.45) is -6.61. The number of para-hydroxylation sites is 2. The number of ether oxygens (including phenoxy) is 5. The summed E-state index contributed by atoms with van der Waals surface area (Å²) in [5.74, 6) is -3.62. The molecule has 1 aliphatic rings. The van der Waals surface area contributed by atoms with Crippen molar-refractivity contribution in [1.29, 1.82) is 0 Å². The Morgan fingerprint density at radius 1 is 0.872 bits per heavy atom. The number of benzene rings is 2. The van der Waals surface area contributed by atoms with Crippen LogP contribution in [0.1, 0.15) is 35.3 Å². The molecular weight excluding hydrogens is 616 g/mol. The Labute approximate surface area is 268 Å². The summed E-state index contributed by atoms with van der Waals surface area (Å²) in [4.78, 5) is 75.8. The number of aromatic nitrogens is 4. The third-order valence-corrected chi connectivity index (χ3v) is 6.51. The molecule has 0 bridgehead atoms. The lowest BCUT2D eigenvalue weighted by molar-refractivity contribution is -0.166. The molecule has 16 nitrogen and oxygen atoms in total. The van der Waals surface area contributed by atoms with Crippen LogP contribution in [0.25, 0.3) is 11.2 Å². The lowest BCUT2D eigenvalue weighted by atomic mass is 10.1. The molecule has 5 rings (SSSR count). The first-order chi connectivity index (χ1) is 22.9. The number of fused-ring (bicyclic) bond motifs is 1. The molecule has 4 atom stereocenters. The van der Waals surface area contributed by atoms with Gasteiger partial charge in [-0.3, -0.25) is 29.1 Å². The topological polar surface area (TPSA) is 190 Å². The molecule has 2 amide bonds. The number of anilines is 3. The second-order valence-corrected chi connectivity index (χ2v) is 10.1. The van der Waals surface area contributed by atoms with Crippen molar-refractivity contribution >= 4 is 58.4 Å². The fourth-order valence-electron chi connectivity index (χ4n) is 4.73. The Morgan fingerprint density at radius 3 is 2.02 bits per heavy atom. The van der Waals surface area contributed by atoms with Gasteiger partial charge in [-0.1, -0.05) is 36.4 Å². The Hall–Kier alpha value is -5.90. The molecule has 1 fully saturated rings. The minimum atomic E-state index is -2.45. The van der Waals surface area contributed by atoms with E-state index in [1.807, 2.05) is 0 Å². The van der Waals surface area contributed by atoms with E-state index in [1.165, 1.54) is 11.8 Å². The largest absolute Gasteiger partial charge is 0.463 e. The molecular formula is C31H30N6O10. The van der Waals surface area contributed by atoms with E-state index >= 15 is 0 Å². The predicted octanol–water partition coefficient (Wildman–Crippen LogP) is 3.45. The lowest BCUT2D eigenvalue weighted by Gasteiger charge is -2.24. The van der Waals surface area contributed by atoms with Crippen LogP contribution in [0.2, 0.25) is 0 Å². The summed E-state index contributed by atoms with van der Waals surface area (Å²) >= 11 is 0. The van der Waals surface area contributed by atoms with Crippen molar-refractivity contribution < 1.29 is 49.0 Å². The van der Waals surface area contributed by atoms with E-state index in [0.29, 0.717) is 11.4 Å². The van der Waals surface area contributed by atoms with E-state index in [4.69, 9.17) is 23.7 Å². The molecule has 16 heteroatoms. The minimum Gasteiger partial charge on any atom is -0.463 e. The van der Waals surface area contributed by atoms with E-state index in [0.717, 1.165) is 31.7 Å². The molecule has 0 radical (unpaired) electrons. The van der Waals surface area contributed by atoms with Gasteiger partial charge >= 0.3 is 24.0 Å². The molecule has 1 saturated heterocycles. The van der Waals surface area contributed by atoms with Crippen molar-refractivity contribution in [2.75, 3.05) is 16.8 Å². The summed E-state index contributed by atoms with van der Waals surface area (Å²) < 4.78 is 38.1. The van der Waals surface area contributed by atoms with Gasteiger partial charge in [-0.25, -0.2) is 14.7 Å². The second-order valence-electron chi connectivity index (χ2n) is 10.1. The fraction of sp³-hybridized carbons (Fsp3) is 0.290. The van der Waals surface area contributed by atoms with Crippen LogP contribution < -0.4 is 15.0 Å². The van der Waals surface area contributed by atoms with Gasteiger partial charge < -0.3 is 23.7 Å². The van der Waals surface area contributed by atoms with Gasteiger partial charge in [-0.15, -0.1) is 0 Å². The highest BCUT2D eigenvalue weighted by Gasteiger charge is 2.51. The highest BCUT2D eigenvalue weighted by atomic mass is 16.7. The number of imidazole rings is 1. The number of carbonyl (C=O) groups is 5. The van der Waals surface area contributed by atoms with Gasteiger partial charge in [0.2, 0.25) is 11.9 Å². The van der Waals surface area contributed by atoms with E-state index in [-0.39, 0.29) is 17.1 Å². The zero-order valence-corrected chi connectivity index (χ0v) is 25.6. The van der Waals surface area contributed by atoms with E-state index in [9.17, 15) is 25.3 Å². The molecule has 4 aromatic rings. The quantitative estimate of drug-likeness (QED) is 0.205. The number of hydrogen-bond acceptors (Lipinski definition) is 13. The number of nitrogens with zero attached hydrogens (tertiary/aromatic N) is 5. The maximum atomic E-state index is 13.8. The number of esters is 3. The SMILES string of the molecule is [2H][C@@]1(n2cnc3c(OC(=O)N(c4ccccc4)c4ccccc4)nc(NC(C)=O)nc32)O[C@H](COC(C)=O)[C@@H](OC(C)=O)[C@H]1OC(C)=O. The van der Waals surface area contributed by atoms with Crippen molar-refractivity contribution in [3.8, 4) is 5.88 Å². The summed E-state index contributed by atoms with van der Waals surface area (Å²) in [5.41, 5.74) is 0.582. The smallest absolute Gasteiger partial charge is 0.425 e. The Bertz CT molecular complexity index is 1820. The number of rotatable bonds is 9. The summed E-state index contributed by atoms with van der Waals surface area (Å²) in [7, 11) is 0. The number of amides is 2. The summed E-state index contributed by atoms with van der Waals surface area (Å²) in [6.45, 7) is 4.07. The van der Waals surface area contributed by atoms with Crippen molar-refractivity contribution in [3.05, 3.63) is 67.0 Å². The molecule has 1 aliphatic heterocycles. The first kappa shape index (κ1) is 31.1. The molecule has 244 valence electrons. The Morgan fingerprint density at radius 2 is 1.47 bits per heavy atom. The van der Waals surface area contributed by atoms with Gasteiger partial charge in [0, 0.05) is 27.7 Å². The highest BCUT2D eigenvalue weighted by molar-refractivity contribution is 5.98. The molecule has 2 aromatic heterocycles. The van der Waals surface area contributed by atoms with E-state index < -0.39 is 66.9 Å². The van der Waals surface area contributed by atoms with E-state index in [2.05, 4.69) is 20.3 Å². The van der Waals surface area contributed by atoms with Crippen LogP contribution in [0.5, 0.6) is 5.88 Å². The fourth-order valence-corrected chi connectivity index (χ4v) is 4.73. The number of nitrogens with one attached hydrogen (secondary N) is 1. The molecule has 0 saturated carbocycles. The van der Waals surface area contributed by atoms with Gasteiger partial charge in [0.15, 0.2) is 29.6 Å². The van der Waals surface area contributed by atoms with E-state index in [1.54, 1.807) is 60.7 Å². The molecule has 47 heavy (non-hydrogen) atoms. The highest BCUT2D eigenvalue weighted by Crippen LogP contribution is 2.37. The normalized spacial score (nSPS) is 20.5. The van der Waals surface area contributed by atoms with Crippen LogP contribution in [0.15, 0.2) is 67.0 Å². The van der Waals surface area contributed by atoms with Gasteiger partial charge in [-0.2, -0.15) is 9.97 Å². The van der Waals surface area contributed by atoms with Crippen molar-refractivity contribution in [2.45, 2.75) is 52.2 Å². The number of hydrogen-bond donors (Lipinski definition) is 1. The van der Waals surface area contributed by atoms with Crippen molar-refractivity contribution in [1.82, 2.24) is 19.5 Å². The van der Waals surface area contributed by atoms with Crippen LogP contribution in [-0.4, -0.2) is 74.3 Å². The second kappa shape index (κ2) is 14.0. The number of carbonyl (C=O) groups excluding carboxylic acids is 5. The Balaban J connectivity index is 1.62. The third kappa shape index (κ3) is 7.50. The lowest BCUT2D eigenvalue weighted by Crippen LogP contribution is -2.40. The minimum absolute atomic E-state index is 0.150. The van der Waals surface area contributed by atoms with Crippen LogP contribution in [0.3, 0.4) is 0 Å². The standard InChI is InChI=1S/C31H30N6O10/c1-17(38)33-30-34-27-24(28(35-30)47-31(42)37(21-11-7-5-8-12-21)22-13-9-6-10-14-22)32-16-36(27)29-26(45-20(4)41)25(44-19(3)40)23(46-29)15-43-18(2)39/h5-14,16,23,25-26,29H,15H2,1-4H3,(H,33,34,35,38)/t23-,25-,26-,29-/m1/s1/i29D. The van der Waals surface area contributed by atoms with Crippen LogP contribution >= 0.6 is 0 Å². The molecule has 3 heterocycles. The van der Waals surface area contributed by atoms with Crippen LogP contribution in [-0.2, 0) is 38.1 Å². The average molecular weight is 648 g/mol. The zero-order chi connectivity index (χ0) is 34.6. The van der Waals surface area contributed by atoms with Gasteiger partial charge in [0.05, 0.1) is 19.1 Å². The van der Waals surface area contributed by atoms with Gasteiger partial charge in [0.25, 0.3) is 5.88 Å².